The summed E-state index contributed by atoms with van der Waals surface area (Å²) < 4.78 is 22.8. The second-order valence-corrected chi connectivity index (χ2v) is 9.90. The monoisotopic (exact) mass is 607 g/mol. The average Bonchev–Trinajstić information content (AvgIpc) is 3.67. The molecule has 0 radical (unpaired) electrons. The van der Waals surface area contributed by atoms with E-state index in [2.05, 4.69) is 27.5 Å². The molecule has 0 bridgehead atoms. The Bertz CT molecular complexity index is 1850. The smallest absolute Gasteiger partial charge is 0.494 e. The largest absolute Gasteiger partial charge is 1.00 e. The molecule has 3 aromatic carbocycles. The second kappa shape index (κ2) is 13.6. The third-order valence-electron chi connectivity index (χ3n) is 7.28. The van der Waals surface area contributed by atoms with Crippen molar-refractivity contribution in [3.63, 3.8) is 0 Å². The fourth-order valence-electron chi connectivity index (χ4n) is 5.20. The molecule has 0 aliphatic carbocycles. The predicted octanol–water partition coefficient (Wildman–Crippen LogP) is 1.19. The summed E-state index contributed by atoms with van der Waals surface area (Å²) in [5.41, 5.74) is 7.64. The quantitative estimate of drug-likeness (QED) is 0.242. The number of aliphatic imine (C=N–C) groups is 1. The summed E-state index contributed by atoms with van der Waals surface area (Å²) >= 11 is 0. The van der Waals surface area contributed by atoms with Gasteiger partial charge in [0.1, 0.15) is 6.33 Å². The van der Waals surface area contributed by atoms with E-state index in [-0.39, 0.29) is 62.7 Å². The molecule has 0 spiro atoms. The van der Waals surface area contributed by atoms with Crippen LogP contribution in [0.15, 0.2) is 82.8 Å². The molecule has 6 rings (SSSR count). The van der Waals surface area contributed by atoms with Gasteiger partial charge in [0, 0.05) is 23.6 Å². The molecule has 1 atom stereocenters. The minimum absolute atomic E-state index is 0. The van der Waals surface area contributed by atoms with Gasteiger partial charge in [-0.1, -0.05) is 61.9 Å². The maximum absolute atomic E-state index is 14.7. The van der Waals surface area contributed by atoms with Gasteiger partial charge in [-0.3, -0.25) is 4.79 Å². The fourth-order valence-corrected chi connectivity index (χ4v) is 5.20. The van der Waals surface area contributed by atoms with Crippen LogP contribution in [-0.4, -0.2) is 43.6 Å². The Labute approximate surface area is 289 Å². The zero-order valence-corrected chi connectivity index (χ0v) is 27.2. The average molecular weight is 608 g/mol. The van der Waals surface area contributed by atoms with Gasteiger partial charge in [-0.05, 0) is 41.7 Å². The number of amidine groups is 1. The molecule has 2 aromatic heterocycles. The maximum Gasteiger partial charge on any atom is 1.00 e. The number of unbranched alkanes of at least 4 members (excludes halogenated alkanes) is 1. The minimum Gasteiger partial charge on any atom is -0.494 e. The Morgan fingerprint density at radius 1 is 1.09 bits per heavy atom. The molecule has 0 saturated heterocycles. The van der Waals surface area contributed by atoms with E-state index in [0.29, 0.717) is 35.7 Å². The summed E-state index contributed by atoms with van der Waals surface area (Å²) in [5.74, 6) is 0.278. The Balaban J connectivity index is 0.00000368. The van der Waals surface area contributed by atoms with Gasteiger partial charge in [0.25, 0.3) is 12.0 Å². The van der Waals surface area contributed by atoms with Gasteiger partial charge in [-0.15, -0.1) is 0 Å². The molecule has 2 N–H and O–H groups in total. The normalized spacial score (nSPS) is 14.3. The van der Waals surface area contributed by atoms with E-state index >= 15 is 0 Å². The first-order chi connectivity index (χ1) is 20.5. The molecule has 0 amide bonds. The molecular weight excluding hydrogens is 578 g/mol. The van der Waals surface area contributed by atoms with Crippen molar-refractivity contribution in [1.82, 2.24) is 24.6 Å². The van der Waals surface area contributed by atoms with Crippen molar-refractivity contribution < 1.29 is 70.5 Å². The summed E-state index contributed by atoms with van der Waals surface area (Å²) in [7, 11) is 1.39. The van der Waals surface area contributed by atoms with Crippen molar-refractivity contribution in [3.8, 4) is 22.6 Å². The van der Waals surface area contributed by atoms with Crippen molar-refractivity contribution in [1.29, 1.82) is 0 Å². The number of benzene rings is 3. The second-order valence-electron chi connectivity index (χ2n) is 9.90. The van der Waals surface area contributed by atoms with Crippen LogP contribution in [0.3, 0.4) is 0 Å². The number of nitrogens with zero attached hydrogens (tertiary/aromatic N) is 5. The number of aryl methyl sites for hydroxylation is 1. The van der Waals surface area contributed by atoms with Gasteiger partial charge in [0.2, 0.25) is 5.78 Å². The molecule has 3 heterocycles. The van der Waals surface area contributed by atoms with Gasteiger partial charge in [-0.25, -0.2) is 28.8 Å². The van der Waals surface area contributed by atoms with Crippen molar-refractivity contribution in [2.75, 3.05) is 7.11 Å². The summed E-state index contributed by atoms with van der Waals surface area (Å²) in [6.45, 7) is 2.09. The number of aliphatic hydroxyl groups is 1. The van der Waals surface area contributed by atoms with Gasteiger partial charge in [0.05, 0.1) is 18.5 Å². The molecule has 1 unspecified atom stereocenters. The summed E-state index contributed by atoms with van der Waals surface area (Å²) in [6.07, 6.45) is 2.96. The number of fused-ring (bicyclic) bond motifs is 1. The molecule has 214 valence electrons. The number of methoxy groups -OCH3 is 1. The number of hydrogen-bond donors (Lipinski definition) is 2. The Morgan fingerprint density at radius 3 is 2.53 bits per heavy atom. The minimum atomic E-state index is -1.25. The first-order valence-corrected chi connectivity index (χ1v) is 13.6. The Hall–Kier alpha value is -3.23. The first kappa shape index (κ1) is 31.2. The van der Waals surface area contributed by atoms with Crippen LogP contribution >= 0.6 is 0 Å². The Kier molecular flexibility index (Phi) is 9.87. The van der Waals surface area contributed by atoms with Crippen LogP contribution in [-0.2, 0) is 17.7 Å². The SMILES string of the molecule is CCCCc1c(Cc2ccc(-c3ccccc3C3=NC(O)ON3)cc2)c(=O)n(-c2ccc(OC)c(F)c2)c2ncnn12.[K+]. The van der Waals surface area contributed by atoms with Crippen LogP contribution < -0.4 is 67.2 Å². The number of halogens is 1. The van der Waals surface area contributed by atoms with Crippen molar-refractivity contribution in [2.45, 2.75) is 39.0 Å². The summed E-state index contributed by atoms with van der Waals surface area (Å²) in [5, 5.41) is 14.1. The summed E-state index contributed by atoms with van der Waals surface area (Å²) in [6, 6.07) is 20.0. The number of hydrogen-bond acceptors (Lipinski definition) is 8. The third-order valence-corrected chi connectivity index (χ3v) is 7.28. The van der Waals surface area contributed by atoms with E-state index in [4.69, 9.17) is 9.57 Å². The van der Waals surface area contributed by atoms with Crippen LogP contribution in [0.4, 0.5) is 4.39 Å². The summed E-state index contributed by atoms with van der Waals surface area (Å²) in [4.78, 5) is 27.5. The third kappa shape index (κ3) is 6.22. The number of ether oxygens (including phenoxy) is 1. The molecule has 43 heavy (non-hydrogen) atoms. The van der Waals surface area contributed by atoms with Crippen LogP contribution in [0.1, 0.15) is 42.1 Å². The number of aromatic nitrogens is 4. The van der Waals surface area contributed by atoms with E-state index in [1.54, 1.807) is 10.6 Å². The molecular formula is C31H29FKN6O4+. The van der Waals surface area contributed by atoms with E-state index in [9.17, 15) is 14.3 Å². The predicted molar refractivity (Wildman–Crippen MR) is 155 cm³/mol. The van der Waals surface area contributed by atoms with E-state index in [1.165, 1.54) is 30.1 Å². The van der Waals surface area contributed by atoms with Gasteiger partial charge in [-0.2, -0.15) is 10.1 Å². The van der Waals surface area contributed by atoms with Crippen LogP contribution in [0, 0.1) is 5.82 Å². The van der Waals surface area contributed by atoms with Gasteiger partial charge >= 0.3 is 51.4 Å². The molecule has 10 nitrogen and oxygen atoms in total. The molecule has 1 aliphatic rings. The van der Waals surface area contributed by atoms with E-state index in [0.717, 1.165) is 40.8 Å². The van der Waals surface area contributed by atoms with E-state index < -0.39 is 12.2 Å². The topological polar surface area (TPSA) is 115 Å². The zero-order chi connectivity index (χ0) is 29.2. The number of hydroxylamine groups is 1. The van der Waals surface area contributed by atoms with Crippen molar-refractivity contribution in [2.24, 2.45) is 4.99 Å². The van der Waals surface area contributed by atoms with Gasteiger partial charge in [0.15, 0.2) is 17.4 Å². The number of nitrogens with one attached hydrogen (secondary N) is 1. The van der Waals surface area contributed by atoms with Crippen molar-refractivity contribution in [3.05, 3.63) is 112 Å². The van der Waals surface area contributed by atoms with E-state index in [1.807, 2.05) is 48.5 Å². The molecule has 12 heteroatoms. The number of aliphatic hydroxyl groups excluding tert-OH is 1. The molecule has 0 saturated carbocycles. The van der Waals surface area contributed by atoms with Crippen molar-refractivity contribution >= 4 is 11.6 Å². The van der Waals surface area contributed by atoms with Crippen LogP contribution in [0.5, 0.6) is 5.75 Å². The molecule has 0 fully saturated rings. The standard InChI is InChI=1S/C31H29FN6O4.K/c1-3-4-9-26-24(29(39)37(30-33-18-34-38(26)30)21-14-15-27(41-2)25(32)17-21)16-19-10-12-20(13-11-19)22-7-5-6-8-23(22)28-35-31(40)42-36-28;/h5-8,10-15,17-18,31,40H,3-4,9,16H2,1-2H3,(H,35,36);/q;+1. The molecule has 5 aromatic rings. The molecule has 1 aliphatic heterocycles. The van der Waals surface area contributed by atoms with Gasteiger partial charge < -0.3 is 9.84 Å². The number of rotatable bonds is 9. The maximum atomic E-state index is 14.7. The fraction of sp³-hybridized carbons (Fsp3) is 0.226. The van der Waals surface area contributed by atoms with Crippen LogP contribution in [0.25, 0.3) is 22.6 Å². The first-order valence-electron chi connectivity index (χ1n) is 13.6. The zero-order valence-electron chi connectivity index (χ0n) is 24.1. The van der Waals surface area contributed by atoms with Crippen LogP contribution in [0.2, 0.25) is 0 Å². The Morgan fingerprint density at radius 2 is 1.86 bits per heavy atom.